The molecule has 1 heterocycles. The van der Waals surface area contributed by atoms with E-state index in [1.54, 1.807) is 48.5 Å². The minimum Gasteiger partial charge on any atom is -0.491 e. The van der Waals surface area contributed by atoms with Gasteiger partial charge in [0.15, 0.2) is 15.8 Å². The summed E-state index contributed by atoms with van der Waals surface area (Å²) in [5.41, 5.74) is 0. The van der Waals surface area contributed by atoms with Gasteiger partial charge in [0.05, 0.1) is 0 Å². The summed E-state index contributed by atoms with van der Waals surface area (Å²) in [6.45, 7) is 1.91. The fraction of sp³-hybridized carbons (Fsp3) is 0.455. The van der Waals surface area contributed by atoms with E-state index in [0.29, 0.717) is 41.2 Å². The molecule has 32 heavy (non-hydrogen) atoms. The molecule has 0 aromatic heterocycles. The van der Waals surface area contributed by atoms with E-state index < -0.39 is 15.9 Å². The predicted molar refractivity (Wildman–Crippen MR) is 126 cm³/mol. The molecule has 176 valence electrons. The molecule has 2 N–H and O–H groups in total. The maximum Gasteiger partial charge on any atom is 0.198 e. The van der Waals surface area contributed by atoms with Gasteiger partial charge in [-0.2, -0.15) is 0 Å². The van der Waals surface area contributed by atoms with Gasteiger partial charge in [0.1, 0.15) is 30.1 Å². The average molecular weight is 503 g/mol. The second-order valence-corrected chi connectivity index (χ2v) is 10.7. The van der Waals surface area contributed by atoms with Crippen LogP contribution in [0.15, 0.2) is 48.5 Å². The third kappa shape index (κ3) is 8.77. The molecule has 2 aromatic carbocycles. The summed E-state index contributed by atoms with van der Waals surface area (Å²) >= 11 is 11.7. The van der Waals surface area contributed by atoms with E-state index in [4.69, 9.17) is 32.7 Å². The Morgan fingerprint density at radius 3 is 2.06 bits per heavy atom. The lowest BCUT2D eigenvalue weighted by Crippen LogP contribution is -2.46. The fourth-order valence-corrected chi connectivity index (χ4v) is 4.81. The summed E-state index contributed by atoms with van der Waals surface area (Å²) < 4.78 is 35.7. The molecule has 2 aromatic rings. The molecule has 0 radical (unpaired) electrons. The van der Waals surface area contributed by atoms with Gasteiger partial charge in [-0.25, -0.2) is 8.42 Å². The van der Waals surface area contributed by atoms with E-state index in [1.807, 2.05) is 4.90 Å². The van der Waals surface area contributed by atoms with Gasteiger partial charge in [-0.05, 0) is 61.4 Å². The molecular formula is C22H28Cl2N2O5S. The third-order valence-electron chi connectivity index (χ3n) is 5.08. The molecule has 10 heteroatoms. The summed E-state index contributed by atoms with van der Waals surface area (Å²) in [4.78, 5) is 1.92. The van der Waals surface area contributed by atoms with E-state index in [2.05, 4.69) is 5.32 Å². The highest BCUT2D eigenvalue weighted by Crippen LogP contribution is 2.18. The minimum absolute atomic E-state index is 0.0368. The predicted octanol–water partition coefficient (Wildman–Crippen LogP) is 3.20. The zero-order chi connectivity index (χ0) is 23.0. The first-order chi connectivity index (χ1) is 15.3. The smallest absolute Gasteiger partial charge is 0.198 e. The van der Waals surface area contributed by atoms with Gasteiger partial charge < -0.3 is 19.9 Å². The molecule has 1 aliphatic rings. The summed E-state index contributed by atoms with van der Waals surface area (Å²) in [7, 11) is -3.38. The lowest BCUT2D eigenvalue weighted by molar-refractivity contribution is 0.0992. The van der Waals surface area contributed by atoms with Gasteiger partial charge in [-0.3, -0.25) is 4.90 Å². The molecule has 3 rings (SSSR count). The molecule has 0 amide bonds. The molecule has 0 saturated carbocycles. The Morgan fingerprint density at radius 1 is 0.969 bits per heavy atom. The number of hydrogen-bond donors (Lipinski definition) is 2. The normalized spacial score (nSPS) is 16.6. The number of benzene rings is 2. The van der Waals surface area contributed by atoms with Crippen LogP contribution in [0.25, 0.3) is 0 Å². The van der Waals surface area contributed by atoms with Gasteiger partial charge in [-0.15, -0.1) is 0 Å². The molecule has 0 bridgehead atoms. The van der Waals surface area contributed by atoms with Crippen molar-refractivity contribution in [2.45, 2.75) is 25.0 Å². The Bertz CT molecular complexity index is 934. The molecule has 1 fully saturated rings. The first-order valence-electron chi connectivity index (χ1n) is 10.4. The largest absolute Gasteiger partial charge is 0.491 e. The van der Waals surface area contributed by atoms with Crippen LogP contribution in [0.1, 0.15) is 12.8 Å². The van der Waals surface area contributed by atoms with Crippen LogP contribution in [-0.4, -0.2) is 68.6 Å². The summed E-state index contributed by atoms with van der Waals surface area (Å²) in [5.74, 6) is 0.722. The molecule has 0 aliphatic carbocycles. The van der Waals surface area contributed by atoms with Crippen LogP contribution < -0.4 is 14.8 Å². The van der Waals surface area contributed by atoms with Gasteiger partial charge >= 0.3 is 0 Å². The fourth-order valence-electron chi connectivity index (χ4n) is 3.36. The van der Waals surface area contributed by atoms with Crippen LogP contribution in [0.4, 0.5) is 0 Å². The Labute approximate surface area is 199 Å². The maximum absolute atomic E-state index is 12.4. The average Bonchev–Trinajstić information content (AvgIpc) is 2.78. The number of nitrogens with zero attached hydrogens (tertiary/aromatic N) is 1. The SMILES string of the molecule is O=S(=O)(COc1ccc(Cl)cc1)CN1CCC(NCC(O)COc2ccc(Cl)cc2)CC1. The number of ether oxygens (including phenoxy) is 2. The van der Waals surface area contributed by atoms with E-state index >= 15 is 0 Å². The number of aliphatic hydroxyl groups is 1. The van der Waals surface area contributed by atoms with Crippen molar-refractivity contribution in [2.24, 2.45) is 0 Å². The molecule has 7 nitrogen and oxygen atoms in total. The number of likely N-dealkylation sites (tertiary alicyclic amines) is 1. The Morgan fingerprint density at radius 2 is 1.50 bits per heavy atom. The van der Waals surface area contributed by atoms with Gasteiger partial charge in [0.2, 0.25) is 0 Å². The van der Waals surface area contributed by atoms with E-state index in [0.717, 1.165) is 12.8 Å². The summed E-state index contributed by atoms with van der Waals surface area (Å²) in [6, 6.07) is 13.8. The molecular weight excluding hydrogens is 475 g/mol. The summed E-state index contributed by atoms with van der Waals surface area (Å²) in [5, 5.41) is 14.7. The van der Waals surface area contributed by atoms with Gasteiger partial charge in [-0.1, -0.05) is 23.2 Å². The second kappa shape index (κ2) is 12.1. The highest BCUT2D eigenvalue weighted by molar-refractivity contribution is 7.91. The van der Waals surface area contributed by atoms with Crippen LogP contribution >= 0.6 is 23.2 Å². The van der Waals surface area contributed by atoms with Crippen LogP contribution in [-0.2, 0) is 9.84 Å². The minimum atomic E-state index is -3.38. The topological polar surface area (TPSA) is 88.1 Å². The third-order valence-corrected chi connectivity index (χ3v) is 6.82. The first-order valence-corrected chi connectivity index (χ1v) is 13.0. The lowest BCUT2D eigenvalue weighted by Gasteiger charge is -2.32. The van der Waals surface area contributed by atoms with Crippen LogP contribution in [0.5, 0.6) is 11.5 Å². The highest BCUT2D eigenvalue weighted by atomic mass is 35.5. The van der Waals surface area contributed by atoms with Crippen molar-refractivity contribution >= 4 is 33.0 Å². The van der Waals surface area contributed by atoms with E-state index in [1.165, 1.54) is 0 Å². The van der Waals surface area contributed by atoms with Crippen molar-refractivity contribution in [3.8, 4) is 11.5 Å². The molecule has 0 spiro atoms. The Hall–Kier alpha value is -1.55. The number of nitrogens with one attached hydrogen (secondary N) is 1. The van der Waals surface area contributed by atoms with Crippen molar-refractivity contribution < 1.29 is 23.0 Å². The molecule has 1 saturated heterocycles. The monoisotopic (exact) mass is 502 g/mol. The van der Waals surface area contributed by atoms with Gasteiger partial charge in [0, 0.05) is 35.7 Å². The highest BCUT2D eigenvalue weighted by Gasteiger charge is 2.24. The van der Waals surface area contributed by atoms with Crippen molar-refractivity contribution in [2.75, 3.05) is 38.1 Å². The number of piperidine rings is 1. The van der Waals surface area contributed by atoms with Crippen molar-refractivity contribution in [3.63, 3.8) is 0 Å². The number of rotatable bonds is 11. The van der Waals surface area contributed by atoms with Crippen LogP contribution in [0.3, 0.4) is 0 Å². The van der Waals surface area contributed by atoms with Crippen LogP contribution in [0.2, 0.25) is 10.0 Å². The van der Waals surface area contributed by atoms with E-state index in [-0.39, 0.29) is 24.5 Å². The zero-order valence-corrected chi connectivity index (χ0v) is 20.0. The lowest BCUT2D eigenvalue weighted by atomic mass is 10.1. The molecule has 1 aliphatic heterocycles. The number of halogens is 2. The number of aliphatic hydroxyl groups excluding tert-OH is 1. The second-order valence-electron chi connectivity index (χ2n) is 7.81. The Kier molecular flexibility index (Phi) is 9.46. The summed E-state index contributed by atoms with van der Waals surface area (Å²) in [6.07, 6.45) is 0.963. The van der Waals surface area contributed by atoms with Crippen molar-refractivity contribution in [3.05, 3.63) is 58.6 Å². The molecule has 1 atom stereocenters. The first kappa shape index (κ1) is 25.1. The maximum atomic E-state index is 12.4. The van der Waals surface area contributed by atoms with E-state index in [9.17, 15) is 13.5 Å². The van der Waals surface area contributed by atoms with Crippen molar-refractivity contribution in [1.29, 1.82) is 0 Å². The number of hydrogen-bond acceptors (Lipinski definition) is 7. The van der Waals surface area contributed by atoms with Crippen molar-refractivity contribution in [1.82, 2.24) is 10.2 Å². The Balaban J connectivity index is 1.31. The van der Waals surface area contributed by atoms with Crippen LogP contribution in [0, 0.1) is 0 Å². The standard InChI is InChI=1S/C22H28Cl2N2O5S/c23-17-1-5-21(6-2-17)30-14-20(27)13-25-19-9-11-26(12-10-19)15-32(28,29)16-31-22-7-3-18(24)4-8-22/h1-8,19-20,25,27H,9-16H2. The molecule has 1 unspecified atom stereocenters. The zero-order valence-electron chi connectivity index (χ0n) is 17.6. The number of sulfone groups is 1. The quantitative estimate of drug-likeness (QED) is 0.487. The van der Waals surface area contributed by atoms with Gasteiger partial charge in [0.25, 0.3) is 0 Å².